The highest BCUT2D eigenvalue weighted by Gasteiger charge is 2.54. The molecule has 18 heavy (non-hydrogen) atoms. The first kappa shape index (κ1) is 15.2. The largest absolute Gasteiger partial charge is 0.415 e. The molecule has 7 heteroatoms. The van der Waals surface area contributed by atoms with E-state index in [2.05, 4.69) is 0 Å². The molecule has 1 fully saturated rings. The van der Waals surface area contributed by atoms with Gasteiger partial charge in [-0.05, 0) is 25.7 Å². The summed E-state index contributed by atoms with van der Waals surface area (Å²) in [5.74, 6) is -0.564. The van der Waals surface area contributed by atoms with E-state index in [-0.39, 0.29) is 13.2 Å². The summed E-state index contributed by atoms with van der Waals surface area (Å²) in [6.07, 6.45) is -2.47. The first-order valence-electron chi connectivity index (χ1n) is 5.85. The van der Waals surface area contributed by atoms with Gasteiger partial charge in [-0.3, -0.25) is 4.79 Å². The number of carbonyl (C=O) groups is 1. The van der Waals surface area contributed by atoms with E-state index in [0.29, 0.717) is 19.4 Å². The average molecular weight is 268 g/mol. The number of nitrogens with zero attached hydrogens (tertiary/aromatic N) is 1. The minimum atomic E-state index is -4.76. The van der Waals surface area contributed by atoms with Crippen molar-refractivity contribution in [2.45, 2.75) is 31.5 Å². The van der Waals surface area contributed by atoms with E-state index in [0.717, 1.165) is 17.7 Å². The monoisotopic (exact) mass is 268 g/mol. The lowest BCUT2D eigenvalue weighted by atomic mass is 10.0. The normalized spacial score (nSPS) is 19.4. The standard InChI is InChI=1S/C11H19F3N2O2/c1-10(15,11(12,13)14)9(17)16(2)5-6-18-7-8-3-4-8/h8H,3-7,15H2,1-2H3. The second-order valence-corrected chi connectivity index (χ2v) is 4.95. The molecular weight excluding hydrogens is 249 g/mol. The smallest absolute Gasteiger partial charge is 0.379 e. The molecule has 0 radical (unpaired) electrons. The van der Waals surface area contributed by atoms with Gasteiger partial charge in [0.2, 0.25) is 0 Å². The highest BCUT2D eigenvalue weighted by atomic mass is 19.4. The summed E-state index contributed by atoms with van der Waals surface area (Å²) in [4.78, 5) is 12.5. The SMILES string of the molecule is CN(CCOCC1CC1)C(=O)C(C)(N)C(F)(F)F. The van der Waals surface area contributed by atoms with E-state index in [9.17, 15) is 18.0 Å². The van der Waals surface area contributed by atoms with Gasteiger partial charge < -0.3 is 15.4 Å². The number of nitrogens with two attached hydrogens (primary N) is 1. The molecule has 1 aliphatic rings. The lowest BCUT2D eigenvalue weighted by Crippen LogP contribution is -2.61. The Labute approximate surface area is 104 Å². The van der Waals surface area contributed by atoms with Crippen LogP contribution < -0.4 is 5.73 Å². The third-order valence-corrected chi connectivity index (χ3v) is 3.00. The van der Waals surface area contributed by atoms with Gasteiger partial charge >= 0.3 is 6.18 Å². The van der Waals surface area contributed by atoms with Crippen LogP contribution in [-0.2, 0) is 9.53 Å². The van der Waals surface area contributed by atoms with Crippen molar-refractivity contribution in [2.75, 3.05) is 26.8 Å². The molecule has 4 nitrogen and oxygen atoms in total. The van der Waals surface area contributed by atoms with Gasteiger partial charge in [-0.1, -0.05) is 0 Å². The predicted octanol–water partition coefficient (Wildman–Crippen LogP) is 1.15. The Morgan fingerprint density at radius 2 is 2.00 bits per heavy atom. The fraction of sp³-hybridized carbons (Fsp3) is 0.909. The first-order chi connectivity index (χ1) is 8.16. The number of rotatable bonds is 6. The van der Waals surface area contributed by atoms with Gasteiger partial charge in [-0.2, -0.15) is 13.2 Å². The van der Waals surface area contributed by atoms with Gasteiger partial charge in [-0.15, -0.1) is 0 Å². The Hall–Kier alpha value is -0.820. The molecule has 0 saturated heterocycles. The maximum atomic E-state index is 12.5. The molecule has 1 atom stereocenters. The molecule has 2 N–H and O–H groups in total. The van der Waals surface area contributed by atoms with Crippen LogP contribution >= 0.6 is 0 Å². The van der Waals surface area contributed by atoms with E-state index >= 15 is 0 Å². The Balaban J connectivity index is 2.34. The first-order valence-corrected chi connectivity index (χ1v) is 5.85. The molecule has 0 aromatic carbocycles. The minimum Gasteiger partial charge on any atom is -0.379 e. The Kier molecular flexibility index (Phi) is 4.61. The third-order valence-electron chi connectivity index (χ3n) is 3.00. The Morgan fingerprint density at radius 3 is 2.44 bits per heavy atom. The van der Waals surface area contributed by atoms with Crippen molar-refractivity contribution < 1.29 is 22.7 Å². The lowest BCUT2D eigenvalue weighted by Gasteiger charge is -2.30. The molecule has 0 heterocycles. The summed E-state index contributed by atoms with van der Waals surface area (Å²) in [5.41, 5.74) is 2.19. The summed E-state index contributed by atoms with van der Waals surface area (Å²) < 4.78 is 42.9. The molecule has 0 bridgehead atoms. The van der Waals surface area contributed by atoms with Crippen molar-refractivity contribution in [3.8, 4) is 0 Å². The van der Waals surface area contributed by atoms with Crippen molar-refractivity contribution in [2.24, 2.45) is 11.7 Å². The Bertz CT molecular complexity index is 301. The second-order valence-electron chi connectivity index (χ2n) is 4.95. The van der Waals surface area contributed by atoms with Crippen LogP contribution in [0.1, 0.15) is 19.8 Å². The Morgan fingerprint density at radius 1 is 1.44 bits per heavy atom. The summed E-state index contributed by atoms with van der Waals surface area (Å²) in [6.45, 7) is 1.62. The van der Waals surface area contributed by atoms with Crippen molar-refractivity contribution >= 4 is 5.91 Å². The van der Waals surface area contributed by atoms with E-state index in [1.807, 2.05) is 0 Å². The molecule has 1 unspecified atom stereocenters. The van der Waals surface area contributed by atoms with Crippen LogP contribution in [0.15, 0.2) is 0 Å². The number of halogens is 3. The molecule has 1 amide bonds. The fourth-order valence-electron chi connectivity index (χ4n) is 1.36. The zero-order valence-electron chi connectivity index (χ0n) is 10.6. The molecule has 0 aromatic rings. The topological polar surface area (TPSA) is 55.6 Å². The van der Waals surface area contributed by atoms with Crippen LogP contribution in [0.3, 0.4) is 0 Å². The van der Waals surface area contributed by atoms with Crippen LogP contribution in [0.4, 0.5) is 13.2 Å². The third kappa shape index (κ3) is 3.84. The van der Waals surface area contributed by atoms with Gasteiger partial charge in [-0.25, -0.2) is 0 Å². The number of hydrogen-bond acceptors (Lipinski definition) is 3. The highest BCUT2D eigenvalue weighted by Crippen LogP contribution is 2.30. The van der Waals surface area contributed by atoms with Crippen LogP contribution in [0.5, 0.6) is 0 Å². The molecule has 1 rings (SSSR count). The van der Waals surface area contributed by atoms with Crippen LogP contribution in [0.25, 0.3) is 0 Å². The molecular formula is C11H19F3N2O2. The molecule has 0 spiro atoms. The average Bonchev–Trinajstić information content (AvgIpc) is 3.05. The summed E-state index contributed by atoms with van der Waals surface area (Å²) in [6, 6.07) is 0. The van der Waals surface area contributed by atoms with E-state index in [1.54, 1.807) is 0 Å². The molecule has 106 valence electrons. The van der Waals surface area contributed by atoms with Gasteiger partial charge in [0.05, 0.1) is 6.61 Å². The lowest BCUT2D eigenvalue weighted by molar-refractivity contribution is -0.193. The number of alkyl halides is 3. The van der Waals surface area contributed by atoms with Gasteiger partial charge in [0, 0.05) is 20.2 Å². The number of carbonyl (C=O) groups excluding carboxylic acids is 1. The van der Waals surface area contributed by atoms with E-state index in [4.69, 9.17) is 10.5 Å². The van der Waals surface area contributed by atoms with Crippen LogP contribution in [0, 0.1) is 5.92 Å². The van der Waals surface area contributed by atoms with Gasteiger partial charge in [0.1, 0.15) is 0 Å². The molecule has 1 aliphatic carbocycles. The summed E-state index contributed by atoms with van der Waals surface area (Å²) in [5, 5.41) is 0. The number of amides is 1. The minimum absolute atomic E-state index is 0.106. The quantitative estimate of drug-likeness (QED) is 0.735. The van der Waals surface area contributed by atoms with E-state index < -0.39 is 17.6 Å². The second kappa shape index (κ2) is 5.44. The van der Waals surface area contributed by atoms with Gasteiger partial charge in [0.25, 0.3) is 5.91 Å². The van der Waals surface area contributed by atoms with E-state index in [1.165, 1.54) is 7.05 Å². The number of ether oxygens (including phenoxy) is 1. The number of likely N-dealkylation sites (N-methyl/N-ethyl adjacent to an activating group) is 1. The summed E-state index contributed by atoms with van der Waals surface area (Å²) in [7, 11) is 1.29. The van der Waals surface area contributed by atoms with Crippen molar-refractivity contribution in [1.29, 1.82) is 0 Å². The highest BCUT2D eigenvalue weighted by molar-refractivity contribution is 5.86. The fourth-order valence-corrected chi connectivity index (χ4v) is 1.36. The van der Waals surface area contributed by atoms with Crippen molar-refractivity contribution in [3.05, 3.63) is 0 Å². The predicted molar refractivity (Wildman–Crippen MR) is 59.8 cm³/mol. The molecule has 1 saturated carbocycles. The van der Waals surface area contributed by atoms with Crippen LogP contribution in [0.2, 0.25) is 0 Å². The maximum absolute atomic E-state index is 12.5. The summed E-state index contributed by atoms with van der Waals surface area (Å²) >= 11 is 0. The zero-order valence-corrected chi connectivity index (χ0v) is 10.6. The number of hydrogen-bond donors (Lipinski definition) is 1. The van der Waals surface area contributed by atoms with Gasteiger partial charge in [0.15, 0.2) is 5.54 Å². The maximum Gasteiger partial charge on any atom is 0.415 e. The zero-order chi connectivity index (χ0) is 14.0. The molecule has 0 aliphatic heterocycles. The molecule has 0 aromatic heterocycles. The van der Waals surface area contributed by atoms with Crippen molar-refractivity contribution in [1.82, 2.24) is 4.90 Å². The van der Waals surface area contributed by atoms with Crippen LogP contribution in [-0.4, -0.2) is 49.3 Å². The van der Waals surface area contributed by atoms with Crippen molar-refractivity contribution in [3.63, 3.8) is 0 Å².